The highest BCUT2D eigenvalue weighted by Gasteiger charge is 2.12. The predicted molar refractivity (Wildman–Crippen MR) is 75.9 cm³/mol. The number of nitrogens with one attached hydrogen (secondary N) is 1. The number of amides is 1. The Labute approximate surface area is 123 Å². The largest absolute Gasteiger partial charge is 0.382 e. The van der Waals surface area contributed by atoms with Crippen molar-refractivity contribution in [3.8, 4) is 0 Å². The number of benzene rings is 1. The van der Waals surface area contributed by atoms with Gasteiger partial charge in [-0.05, 0) is 12.1 Å². The van der Waals surface area contributed by atoms with Gasteiger partial charge in [0, 0.05) is 0 Å². The molecular formula is C11H7Cl3N4O. The summed E-state index contributed by atoms with van der Waals surface area (Å²) in [5.41, 5.74) is 5.82. The Hall–Kier alpha value is -1.56. The van der Waals surface area contributed by atoms with Crippen molar-refractivity contribution < 1.29 is 4.79 Å². The van der Waals surface area contributed by atoms with Crippen LogP contribution in [0, 0.1) is 0 Å². The van der Waals surface area contributed by atoms with Gasteiger partial charge in [-0.15, -0.1) is 0 Å². The van der Waals surface area contributed by atoms with Crippen molar-refractivity contribution in [1.29, 1.82) is 0 Å². The smallest absolute Gasteiger partial charge is 0.275 e. The highest BCUT2D eigenvalue weighted by Crippen LogP contribution is 2.32. The first-order chi connectivity index (χ1) is 8.97. The summed E-state index contributed by atoms with van der Waals surface area (Å²) in [5.74, 6) is -0.253. The maximum Gasteiger partial charge on any atom is 0.275 e. The number of aromatic nitrogens is 2. The number of nitrogens with zero attached hydrogens (tertiary/aromatic N) is 2. The Morgan fingerprint density at radius 1 is 1.05 bits per heavy atom. The van der Waals surface area contributed by atoms with Crippen LogP contribution >= 0.6 is 34.8 Å². The van der Waals surface area contributed by atoms with Gasteiger partial charge in [0.2, 0.25) is 0 Å². The maximum atomic E-state index is 11.9. The number of nitrogens with two attached hydrogens (primary N) is 1. The van der Waals surface area contributed by atoms with E-state index in [4.69, 9.17) is 40.5 Å². The molecule has 2 aromatic rings. The van der Waals surface area contributed by atoms with Crippen LogP contribution in [0.5, 0.6) is 0 Å². The van der Waals surface area contributed by atoms with Crippen LogP contribution in [-0.4, -0.2) is 15.9 Å². The number of carbonyl (C=O) groups is 1. The van der Waals surface area contributed by atoms with Crippen LogP contribution in [0.1, 0.15) is 10.5 Å². The molecule has 0 saturated heterocycles. The Balaban J connectivity index is 2.24. The number of carbonyl (C=O) groups excluding carboxylic acids is 1. The summed E-state index contributed by atoms with van der Waals surface area (Å²) in [6.07, 6.45) is 2.54. The number of hydrogen-bond donors (Lipinski definition) is 2. The van der Waals surface area contributed by atoms with Crippen LogP contribution in [0.25, 0.3) is 0 Å². The van der Waals surface area contributed by atoms with E-state index in [0.717, 1.165) is 0 Å². The Morgan fingerprint density at radius 2 is 1.74 bits per heavy atom. The molecule has 5 nitrogen and oxygen atoms in total. The zero-order valence-corrected chi connectivity index (χ0v) is 11.6. The van der Waals surface area contributed by atoms with E-state index in [1.807, 2.05) is 0 Å². The molecule has 0 bridgehead atoms. The lowest BCUT2D eigenvalue weighted by Crippen LogP contribution is -2.14. The van der Waals surface area contributed by atoms with Gasteiger partial charge in [-0.25, -0.2) is 9.97 Å². The summed E-state index contributed by atoms with van der Waals surface area (Å²) < 4.78 is 0. The van der Waals surface area contributed by atoms with E-state index in [0.29, 0.717) is 10.7 Å². The third kappa shape index (κ3) is 3.26. The highest BCUT2D eigenvalue weighted by molar-refractivity contribution is 6.44. The van der Waals surface area contributed by atoms with E-state index in [9.17, 15) is 4.79 Å². The molecule has 2 rings (SSSR count). The van der Waals surface area contributed by atoms with Crippen molar-refractivity contribution in [2.45, 2.75) is 0 Å². The van der Waals surface area contributed by atoms with E-state index >= 15 is 0 Å². The summed E-state index contributed by atoms with van der Waals surface area (Å²) in [5, 5.41) is 3.41. The third-order valence-corrected chi connectivity index (χ3v) is 3.20. The molecule has 1 heterocycles. The van der Waals surface area contributed by atoms with Gasteiger partial charge in [-0.3, -0.25) is 4.79 Å². The quantitative estimate of drug-likeness (QED) is 0.833. The van der Waals surface area contributed by atoms with Gasteiger partial charge in [0.15, 0.2) is 0 Å². The molecule has 1 aromatic heterocycles. The van der Waals surface area contributed by atoms with Crippen LogP contribution in [0.15, 0.2) is 24.5 Å². The molecule has 1 amide bonds. The topological polar surface area (TPSA) is 80.9 Å². The SMILES string of the molecule is Nc1cnc(C(=O)Nc2cc(Cl)c(Cl)cc2Cl)cn1. The number of nitrogen functional groups attached to an aromatic ring is 1. The molecule has 98 valence electrons. The normalized spacial score (nSPS) is 10.3. The molecule has 0 radical (unpaired) electrons. The maximum absolute atomic E-state index is 11.9. The standard InChI is InChI=1S/C11H7Cl3N4O/c12-5-1-7(14)8(2-6(5)13)18-11(19)9-3-17-10(15)4-16-9/h1-4H,(H2,15,17)(H,18,19). The molecular weight excluding hydrogens is 311 g/mol. The van der Waals surface area contributed by atoms with Crippen molar-refractivity contribution in [3.63, 3.8) is 0 Å². The molecule has 1 aromatic carbocycles. The average molecular weight is 318 g/mol. The van der Waals surface area contributed by atoms with Crippen LogP contribution in [0.3, 0.4) is 0 Å². The molecule has 0 saturated carbocycles. The lowest BCUT2D eigenvalue weighted by atomic mass is 10.3. The first-order valence-electron chi connectivity index (χ1n) is 5.01. The lowest BCUT2D eigenvalue weighted by molar-refractivity contribution is 0.102. The summed E-state index contributed by atoms with van der Waals surface area (Å²) in [6, 6.07) is 2.89. The van der Waals surface area contributed by atoms with Gasteiger partial charge in [-0.2, -0.15) is 0 Å². The predicted octanol–water partition coefficient (Wildman–Crippen LogP) is 3.27. The molecule has 0 unspecified atom stereocenters. The molecule has 0 aliphatic rings. The monoisotopic (exact) mass is 316 g/mol. The second-order valence-electron chi connectivity index (χ2n) is 3.53. The number of anilines is 2. The van der Waals surface area contributed by atoms with Crippen LogP contribution < -0.4 is 11.1 Å². The van der Waals surface area contributed by atoms with Gasteiger partial charge < -0.3 is 11.1 Å². The lowest BCUT2D eigenvalue weighted by Gasteiger charge is -2.08. The summed E-state index contributed by atoms with van der Waals surface area (Å²) in [7, 11) is 0. The molecule has 0 spiro atoms. The van der Waals surface area contributed by atoms with E-state index in [1.54, 1.807) is 0 Å². The number of rotatable bonds is 2. The second-order valence-corrected chi connectivity index (χ2v) is 4.75. The van der Waals surface area contributed by atoms with Crippen molar-refractivity contribution in [3.05, 3.63) is 45.3 Å². The average Bonchev–Trinajstić information content (AvgIpc) is 2.36. The summed E-state index contributed by atoms with van der Waals surface area (Å²) in [4.78, 5) is 19.5. The van der Waals surface area contributed by atoms with Crippen molar-refractivity contribution in [1.82, 2.24) is 9.97 Å². The van der Waals surface area contributed by atoms with Gasteiger partial charge in [0.1, 0.15) is 11.5 Å². The zero-order chi connectivity index (χ0) is 14.0. The van der Waals surface area contributed by atoms with Gasteiger partial charge in [0.25, 0.3) is 5.91 Å². The third-order valence-electron chi connectivity index (χ3n) is 2.16. The Bertz CT molecular complexity index is 631. The minimum absolute atomic E-state index is 0.108. The highest BCUT2D eigenvalue weighted by atomic mass is 35.5. The van der Waals surface area contributed by atoms with Gasteiger partial charge in [0.05, 0.1) is 33.1 Å². The summed E-state index contributed by atoms with van der Waals surface area (Å²) in [6.45, 7) is 0. The molecule has 3 N–H and O–H groups in total. The fraction of sp³-hybridized carbons (Fsp3) is 0. The Kier molecular flexibility index (Phi) is 4.09. The first kappa shape index (κ1) is 13.9. The van der Waals surface area contributed by atoms with Gasteiger partial charge in [-0.1, -0.05) is 34.8 Å². The van der Waals surface area contributed by atoms with E-state index in [1.165, 1.54) is 24.5 Å². The molecule has 19 heavy (non-hydrogen) atoms. The van der Waals surface area contributed by atoms with Crippen LogP contribution in [-0.2, 0) is 0 Å². The van der Waals surface area contributed by atoms with Crippen LogP contribution in [0.2, 0.25) is 15.1 Å². The van der Waals surface area contributed by atoms with E-state index in [-0.39, 0.29) is 21.6 Å². The fourth-order valence-electron chi connectivity index (χ4n) is 1.26. The first-order valence-corrected chi connectivity index (χ1v) is 6.14. The molecule has 0 atom stereocenters. The fourth-order valence-corrected chi connectivity index (χ4v) is 1.85. The van der Waals surface area contributed by atoms with Crippen molar-refractivity contribution >= 4 is 52.2 Å². The van der Waals surface area contributed by atoms with Crippen molar-refractivity contribution in [2.75, 3.05) is 11.1 Å². The minimum atomic E-state index is -0.479. The molecule has 8 heteroatoms. The molecule has 0 aliphatic carbocycles. The van der Waals surface area contributed by atoms with E-state index in [2.05, 4.69) is 15.3 Å². The summed E-state index contributed by atoms with van der Waals surface area (Å²) >= 11 is 17.6. The number of halogens is 3. The minimum Gasteiger partial charge on any atom is -0.382 e. The van der Waals surface area contributed by atoms with E-state index < -0.39 is 5.91 Å². The zero-order valence-electron chi connectivity index (χ0n) is 9.32. The number of hydrogen-bond acceptors (Lipinski definition) is 4. The second kappa shape index (κ2) is 5.61. The molecule has 0 fully saturated rings. The van der Waals surface area contributed by atoms with Gasteiger partial charge >= 0.3 is 0 Å². The Morgan fingerprint density at radius 3 is 2.37 bits per heavy atom. The van der Waals surface area contributed by atoms with Crippen molar-refractivity contribution in [2.24, 2.45) is 0 Å². The molecule has 0 aliphatic heterocycles. The van der Waals surface area contributed by atoms with Crippen LogP contribution in [0.4, 0.5) is 11.5 Å².